The van der Waals surface area contributed by atoms with E-state index in [0.29, 0.717) is 12.2 Å². The molecule has 5 nitrogen and oxygen atoms in total. The third kappa shape index (κ3) is 6.12. The second-order valence-corrected chi connectivity index (χ2v) is 5.00. The molecule has 0 bridgehead atoms. The van der Waals surface area contributed by atoms with Gasteiger partial charge in [-0.25, -0.2) is 4.98 Å². The molecule has 0 atom stereocenters. The van der Waals surface area contributed by atoms with Gasteiger partial charge in [-0.1, -0.05) is 13.8 Å². The molecule has 0 spiro atoms. The van der Waals surface area contributed by atoms with E-state index in [1.165, 1.54) is 0 Å². The Labute approximate surface area is 127 Å². The van der Waals surface area contributed by atoms with Gasteiger partial charge in [-0.15, -0.1) is 0 Å². The molecule has 0 aromatic carbocycles. The highest BCUT2D eigenvalue weighted by Gasteiger charge is 2.14. The minimum Gasteiger partial charge on any atom is -0.385 e. The van der Waals surface area contributed by atoms with Crippen LogP contribution >= 0.6 is 0 Å². The highest BCUT2D eigenvalue weighted by Crippen LogP contribution is 2.11. The minimum absolute atomic E-state index is 0.0843. The molecule has 0 saturated carbocycles. The normalized spacial score (nSPS) is 10.4. The van der Waals surface area contributed by atoms with Crippen LogP contribution in [0.3, 0.4) is 0 Å². The second kappa shape index (κ2) is 10.2. The summed E-state index contributed by atoms with van der Waals surface area (Å²) in [5, 5.41) is 3.22. The third-order valence-corrected chi connectivity index (χ3v) is 3.11. The summed E-state index contributed by atoms with van der Waals surface area (Å²) in [6.45, 7) is 7.27. The lowest BCUT2D eigenvalue weighted by Gasteiger charge is -2.21. The molecular formula is C16H27N3O2. The fourth-order valence-corrected chi connectivity index (χ4v) is 2.13. The van der Waals surface area contributed by atoms with E-state index in [4.69, 9.17) is 4.74 Å². The fraction of sp³-hybridized carbons (Fsp3) is 0.625. The molecule has 118 valence electrons. The summed E-state index contributed by atoms with van der Waals surface area (Å²) in [4.78, 5) is 18.7. The molecule has 1 aromatic heterocycles. The zero-order chi connectivity index (χ0) is 15.5. The summed E-state index contributed by atoms with van der Waals surface area (Å²) in [7, 11) is 1.69. The van der Waals surface area contributed by atoms with Crippen LogP contribution in [0.1, 0.15) is 43.5 Å². The molecule has 21 heavy (non-hydrogen) atoms. The Morgan fingerprint density at radius 2 is 2.05 bits per heavy atom. The largest absolute Gasteiger partial charge is 0.385 e. The van der Waals surface area contributed by atoms with Gasteiger partial charge < -0.3 is 15.0 Å². The number of rotatable bonds is 10. The van der Waals surface area contributed by atoms with Crippen LogP contribution in [0.25, 0.3) is 0 Å². The van der Waals surface area contributed by atoms with Gasteiger partial charge in [0.25, 0.3) is 5.91 Å². The van der Waals surface area contributed by atoms with E-state index in [1.54, 1.807) is 19.4 Å². The van der Waals surface area contributed by atoms with Gasteiger partial charge >= 0.3 is 0 Å². The summed E-state index contributed by atoms with van der Waals surface area (Å²) in [6.07, 6.45) is 4.54. The van der Waals surface area contributed by atoms with Gasteiger partial charge in [-0.2, -0.15) is 0 Å². The average molecular weight is 293 g/mol. The van der Waals surface area contributed by atoms with Crippen LogP contribution in [0.5, 0.6) is 0 Å². The van der Waals surface area contributed by atoms with Crippen LogP contribution in [-0.2, 0) is 4.74 Å². The topological polar surface area (TPSA) is 54.5 Å². The molecule has 0 fully saturated rings. The van der Waals surface area contributed by atoms with Gasteiger partial charge in [0.1, 0.15) is 5.82 Å². The number of ether oxygens (including phenoxy) is 1. The lowest BCUT2D eigenvalue weighted by Crippen LogP contribution is -2.32. The van der Waals surface area contributed by atoms with E-state index in [2.05, 4.69) is 24.1 Å². The number of nitrogens with zero attached hydrogens (tertiary/aromatic N) is 2. The summed E-state index contributed by atoms with van der Waals surface area (Å²) in [5.41, 5.74) is 0.696. The first-order valence-electron chi connectivity index (χ1n) is 7.71. The molecule has 5 heteroatoms. The lowest BCUT2D eigenvalue weighted by molar-refractivity contribution is 0.0755. The van der Waals surface area contributed by atoms with E-state index in [-0.39, 0.29) is 5.91 Å². The molecule has 1 rings (SSSR count). The smallest absolute Gasteiger partial charge is 0.254 e. The Balaban J connectivity index is 2.66. The number of carbonyl (C=O) groups excluding carboxylic acids is 1. The monoisotopic (exact) mass is 293 g/mol. The summed E-state index contributed by atoms with van der Waals surface area (Å²) >= 11 is 0. The number of carbonyl (C=O) groups is 1. The van der Waals surface area contributed by atoms with Gasteiger partial charge in [0, 0.05) is 45.1 Å². The first kappa shape index (κ1) is 17.4. The van der Waals surface area contributed by atoms with E-state index in [1.807, 2.05) is 11.0 Å². The molecule has 0 unspecified atom stereocenters. The molecule has 0 aliphatic carbocycles. The van der Waals surface area contributed by atoms with E-state index >= 15 is 0 Å². The molecule has 0 saturated heterocycles. The van der Waals surface area contributed by atoms with Crippen LogP contribution in [0.4, 0.5) is 5.82 Å². The standard InChI is InChI=1S/C16H27N3O2/c1-4-10-19(11-5-2)16(20)14-7-9-18-15(13-14)17-8-6-12-21-3/h7,9,13H,4-6,8,10-12H2,1-3H3,(H,17,18). The van der Waals surface area contributed by atoms with Crippen LogP contribution in [0.2, 0.25) is 0 Å². The highest BCUT2D eigenvalue weighted by molar-refractivity contribution is 5.94. The van der Waals surface area contributed by atoms with Crippen LogP contribution in [-0.4, -0.2) is 49.1 Å². The van der Waals surface area contributed by atoms with Crippen molar-refractivity contribution >= 4 is 11.7 Å². The predicted octanol–water partition coefficient (Wildman–Crippen LogP) is 2.79. The van der Waals surface area contributed by atoms with Gasteiger partial charge in [0.2, 0.25) is 0 Å². The maximum atomic E-state index is 12.5. The van der Waals surface area contributed by atoms with Crippen molar-refractivity contribution in [3.63, 3.8) is 0 Å². The maximum Gasteiger partial charge on any atom is 0.254 e. The Morgan fingerprint density at radius 1 is 1.33 bits per heavy atom. The van der Waals surface area contributed by atoms with E-state index < -0.39 is 0 Å². The van der Waals surface area contributed by atoms with Gasteiger partial charge in [-0.3, -0.25) is 4.79 Å². The molecular weight excluding hydrogens is 266 g/mol. The van der Waals surface area contributed by atoms with Crippen LogP contribution < -0.4 is 5.32 Å². The summed E-state index contributed by atoms with van der Waals surface area (Å²) < 4.78 is 5.01. The molecule has 1 aromatic rings. The van der Waals surface area contributed by atoms with Crippen LogP contribution in [0.15, 0.2) is 18.3 Å². The number of hydrogen-bond donors (Lipinski definition) is 1. The Kier molecular flexibility index (Phi) is 8.43. The van der Waals surface area contributed by atoms with Crippen LogP contribution in [0, 0.1) is 0 Å². The van der Waals surface area contributed by atoms with Crippen molar-refractivity contribution in [2.75, 3.05) is 38.7 Å². The van der Waals surface area contributed by atoms with E-state index in [0.717, 1.165) is 44.7 Å². The number of aromatic nitrogens is 1. The van der Waals surface area contributed by atoms with Crippen molar-refractivity contribution in [1.29, 1.82) is 0 Å². The highest BCUT2D eigenvalue weighted by atomic mass is 16.5. The first-order chi connectivity index (χ1) is 10.2. The maximum absolute atomic E-state index is 12.5. The van der Waals surface area contributed by atoms with Gasteiger partial charge in [0.15, 0.2) is 0 Å². The number of nitrogens with one attached hydrogen (secondary N) is 1. The Morgan fingerprint density at radius 3 is 2.67 bits per heavy atom. The van der Waals surface area contributed by atoms with Crippen molar-refractivity contribution in [3.05, 3.63) is 23.9 Å². The molecule has 0 radical (unpaired) electrons. The van der Waals surface area contributed by atoms with Crippen molar-refractivity contribution in [2.24, 2.45) is 0 Å². The third-order valence-electron chi connectivity index (χ3n) is 3.11. The summed E-state index contributed by atoms with van der Waals surface area (Å²) in [5.74, 6) is 0.825. The second-order valence-electron chi connectivity index (χ2n) is 5.00. The van der Waals surface area contributed by atoms with Gasteiger partial charge in [-0.05, 0) is 31.4 Å². The quantitative estimate of drug-likeness (QED) is 0.674. The van der Waals surface area contributed by atoms with Crippen molar-refractivity contribution in [3.8, 4) is 0 Å². The van der Waals surface area contributed by atoms with E-state index in [9.17, 15) is 4.79 Å². The zero-order valence-corrected chi connectivity index (χ0v) is 13.4. The number of pyridine rings is 1. The molecule has 1 amide bonds. The Hall–Kier alpha value is -1.62. The zero-order valence-electron chi connectivity index (χ0n) is 13.4. The fourth-order valence-electron chi connectivity index (χ4n) is 2.13. The number of anilines is 1. The van der Waals surface area contributed by atoms with Gasteiger partial charge in [0.05, 0.1) is 0 Å². The average Bonchev–Trinajstić information content (AvgIpc) is 2.51. The number of amides is 1. The summed E-state index contributed by atoms with van der Waals surface area (Å²) in [6, 6.07) is 3.61. The molecule has 1 N–H and O–H groups in total. The number of hydrogen-bond acceptors (Lipinski definition) is 4. The molecule has 0 aliphatic heterocycles. The van der Waals surface area contributed by atoms with Crippen molar-refractivity contribution in [1.82, 2.24) is 9.88 Å². The SMILES string of the molecule is CCCN(CCC)C(=O)c1ccnc(NCCCOC)c1. The minimum atomic E-state index is 0.0843. The molecule has 1 heterocycles. The van der Waals surface area contributed by atoms with Crippen molar-refractivity contribution < 1.29 is 9.53 Å². The predicted molar refractivity (Wildman–Crippen MR) is 85.7 cm³/mol. The Bertz CT molecular complexity index is 418. The molecule has 0 aliphatic rings. The number of methoxy groups -OCH3 is 1. The van der Waals surface area contributed by atoms with Crippen molar-refractivity contribution in [2.45, 2.75) is 33.1 Å². The first-order valence-corrected chi connectivity index (χ1v) is 7.71. The lowest BCUT2D eigenvalue weighted by atomic mass is 10.2.